The molecule has 0 aliphatic heterocycles. The number of ether oxygens (including phenoxy) is 2. The lowest BCUT2D eigenvalue weighted by molar-refractivity contribution is 0.0600. The summed E-state index contributed by atoms with van der Waals surface area (Å²) in [6.07, 6.45) is 0. The first-order valence-corrected chi connectivity index (χ1v) is 6.66. The molecule has 0 amide bonds. The summed E-state index contributed by atoms with van der Waals surface area (Å²) in [4.78, 5) is 23.0. The van der Waals surface area contributed by atoms with Crippen LogP contribution >= 0.6 is 0 Å². The SMILES string of the molecule is CC.COC(=O)c1ccc(OC(=O)c2ccccc2)cc1. The highest BCUT2D eigenvalue weighted by Gasteiger charge is 2.09. The van der Waals surface area contributed by atoms with Gasteiger partial charge in [0.2, 0.25) is 0 Å². The van der Waals surface area contributed by atoms with Crippen molar-refractivity contribution in [2.75, 3.05) is 7.11 Å². The molecule has 0 aromatic heterocycles. The monoisotopic (exact) mass is 286 g/mol. The lowest BCUT2D eigenvalue weighted by Crippen LogP contribution is -2.08. The highest BCUT2D eigenvalue weighted by Crippen LogP contribution is 2.14. The van der Waals surface area contributed by atoms with Gasteiger partial charge in [-0.1, -0.05) is 32.0 Å². The maximum Gasteiger partial charge on any atom is 0.343 e. The van der Waals surface area contributed by atoms with Crippen LogP contribution in [-0.2, 0) is 4.74 Å². The van der Waals surface area contributed by atoms with Crippen molar-refractivity contribution in [2.24, 2.45) is 0 Å². The second kappa shape index (κ2) is 8.53. The first kappa shape index (κ1) is 16.4. The van der Waals surface area contributed by atoms with E-state index in [-0.39, 0.29) is 0 Å². The normalized spacial score (nSPS) is 9.10. The van der Waals surface area contributed by atoms with E-state index < -0.39 is 11.9 Å². The quantitative estimate of drug-likeness (QED) is 0.637. The minimum Gasteiger partial charge on any atom is -0.465 e. The van der Waals surface area contributed by atoms with Crippen LogP contribution in [-0.4, -0.2) is 19.0 Å². The Kier molecular flexibility index (Phi) is 6.68. The van der Waals surface area contributed by atoms with Gasteiger partial charge >= 0.3 is 11.9 Å². The molecule has 0 saturated carbocycles. The molecule has 110 valence electrons. The van der Waals surface area contributed by atoms with Crippen LogP contribution in [0.5, 0.6) is 5.75 Å². The molecule has 0 unspecified atom stereocenters. The molecule has 4 nitrogen and oxygen atoms in total. The molecule has 0 aliphatic carbocycles. The Bertz CT molecular complexity index is 573. The fraction of sp³-hybridized carbons (Fsp3) is 0.176. The van der Waals surface area contributed by atoms with Crippen molar-refractivity contribution in [3.05, 3.63) is 65.7 Å². The lowest BCUT2D eigenvalue weighted by atomic mass is 10.2. The van der Waals surface area contributed by atoms with Gasteiger partial charge in [0.1, 0.15) is 5.75 Å². The predicted octanol–water partition coefficient (Wildman–Crippen LogP) is 3.72. The Hall–Kier alpha value is -2.62. The summed E-state index contributed by atoms with van der Waals surface area (Å²) in [7, 11) is 1.31. The Balaban J connectivity index is 0.00000106. The van der Waals surface area contributed by atoms with Gasteiger partial charge in [-0.2, -0.15) is 0 Å². The molecule has 0 radical (unpaired) electrons. The highest BCUT2D eigenvalue weighted by molar-refractivity contribution is 5.91. The maximum absolute atomic E-state index is 11.8. The van der Waals surface area contributed by atoms with Crippen molar-refractivity contribution in [1.82, 2.24) is 0 Å². The number of hydrogen-bond acceptors (Lipinski definition) is 4. The third kappa shape index (κ3) is 4.76. The van der Waals surface area contributed by atoms with Gasteiger partial charge in [-0.25, -0.2) is 9.59 Å². The Morgan fingerprint density at radius 2 is 1.29 bits per heavy atom. The summed E-state index contributed by atoms with van der Waals surface area (Å²) in [5.41, 5.74) is 0.876. The number of carbonyl (C=O) groups is 2. The second-order valence-corrected chi connectivity index (χ2v) is 3.77. The first-order valence-electron chi connectivity index (χ1n) is 6.66. The molecule has 2 aromatic carbocycles. The standard InChI is InChI=1S/C15H12O4.C2H6/c1-18-14(16)12-7-9-13(10-8-12)19-15(17)11-5-3-2-4-6-11;1-2/h2-10H,1H3;1-2H3. The minimum absolute atomic E-state index is 0.376. The lowest BCUT2D eigenvalue weighted by Gasteiger charge is -2.05. The van der Waals surface area contributed by atoms with Gasteiger partial charge < -0.3 is 9.47 Å². The van der Waals surface area contributed by atoms with Crippen LogP contribution in [0.2, 0.25) is 0 Å². The number of carbonyl (C=O) groups excluding carboxylic acids is 2. The smallest absolute Gasteiger partial charge is 0.343 e. The van der Waals surface area contributed by atoms with E-state index in [0.717, 1.165) is 0 Å². The Morgan fingerprint density at radius 3 is 1.81 bits per heavy atom. The van der Waals surface area contributed by atoms with Crippen molar-refractivity contribution in [3.8, 4) is 5.75 Å². The van der Waals surface area contributed by atoms with E-state index in [0.29, 0.717) is 16.9 Å². The van der Waals surface area contributed by atoms with E-state index in [1.165, 1.54) is 7.11 Å². The van der Waals surface area contributed by atoms with Crippen LogP contribution in [0.25, 0.3) is 0 Å². The molecule has 0 heterocycles. The van der Waals surface area contributed by atoms with Crippen LogP contribution in [0.4, 0.5) is 0 Å². The zero-order valence-corrected chi connectivity index (χ0v) is 12.3. The molecular weight excluding hydrogens is 268 g/mol. The zero-order valence-electron chi connectivity index (χ0n) is 12.3. The largest absolute Gasteiger partial charge is 0.465 e. The summed E-state index contributed by atoms with van der Waals surface area (Å²) >= 11 is 0. The van der Waals surface area contributed by atoms with Crippen LogP contribution in [0.1, 0.15) is 34.6 Å². The van der Waals surface area contributed by atoms with Crippen LogP contribution in [0.3, 0.4) is 0 Å². The number of benzene rings is 2. The summed E-state index contributed by atoms with van der Waals surface area (Å²) in [5, 5.41) is 0. The fourth-order valence-electron chi connectivity index (χ4n) is 1.52. The maximum atomic E-state index is 11.8. The third-order valence-corrected chi connectivity index (χ3v) is 2.50. The van der Waals surface area contributed by atoms with Crippen molar-refractivity contribution in [1.29, 1.82) is 0 Å². The van der Waals surface area contributed by atoms with Gasteiger partial charge in [-0.15, -0.1) is 0 Å². The van der Waals surface area contributed by atoms with E-state index in [4.69, 9.17) is 4.74 Å². The molecular formula is C17H18O4. The first-order chi connectivity index (χ1) is 10.2. The average molecular weight is 286 g/mol. The topological polar surface area (TPSA) is 52.6 Å². The molecule has 21 heavy (non-hydrogen) atoms. The Labute approximate surface area is 124 Å². The zero-order chi connectivity index (χ0) is 15.7. The molecule has 2 aromatic rings. The van der Waals surface area contributed by atoms with Crippen molar-refractivity contribution >= 4 is 11.9 Å². The van der Waals surface area contributed by atoms with E-state index in [1.54, 1.807) is 48.5 Å². The number of rotatable bonds is 3. The predicted molar refractivity (Wildman–Crippen MR) is 80.5 cm³/mol. The molecule has 4 heteroatoms. The van der Waals surface area contributed by atoms with E-state index in [1.807, 2.05) is 19.9 Å². The number of esters is 2. The van der Waals surface area contributed by atoms with Gasteiger partial charge in [0.15, 0.2) is 0 Å². The van der Waals surface area contributed by atoms with E-state index >= 15 is 0 Å². The second-order valence-electron chi connectivity index (χ2n) is 3.77. The molecule has 0 bridgehead atoms. The summed E-state index contributed by atoms with van der Waals surface area (Å²) in [5.74, 6) is -0.492. The van der Waals surface area contributed by atoms with Gasteiger partial charge in [0.25, 0.3) is 0 Å². The summed E-state index contributed by atoms with van der Waals surface area (Å²) in [6.45, 7) is 4.00. The van der Waals surface area contributed by atoms with Crippen molar-refractivity contribution in [3.63, 3.8) is 0 Å². The van der Waals surface area contributed by atoms with E-state index in [9.17, 15) is 9.59 Å². The van der Waals surface area contributed by atoms with Crippen molar-refractivity contribution < 1.29 is 19.1 Å². The third-order valence-electron chi connectivity index (χ3n) is 2.50. The molecule has 0 aliphatic rings. The summed E-state index contributed by atoms with van der Waals surface area (Å²) in [6, 6.07) is 14.9. The van der Waals surface area contributed by atoms with Gasteiger partial charge in [-0.3, -0.25) is 0 Å². The highest BCUT2D eigenvalue weighted by atomic mass is 16.5. The number of methoxy groups -OCH3 is 1. The molecule has 0 N–H and O–H groups in total. The summed E-state index contributed by atoms with van der Waals surface area (Å²) < 4.78 is 9.76. The molecule has 0 saturated heterocycles. The van der Waals surface area contributed by atoms with Gasteiger partial charge in [-0.05, 0) is 36.4 Å². The van der Waals surface area contributed by atoms with Gasteiger partial charge in [0, 0.05) is 0 Å². The Morgan fingerprint density at radius 1 is 0.762 bits per heavy atom. The molecule has 0 fully saturated rings. The minimum atomic E-state index is -0.439. The number of hydrogen-bond donors (Lipinski definition) is 0. The van der Waals surface area contributed by atoms with Crippen molar-refractivity contribution in [2.45, 2.75) is 13.8 Å². The van der Waals surface area contributed by atoms with Gasteiger partial charge in [0.05, 0.1) is 18.2 Å². The van der Waals surface area contributed by atoms with Crippen LogP contribution in [0.15, 0.2) is 54.6 Å². The van der Waals surface area contributed by atoms with Crippen LogP contribution < -0.4 is 4.74 Å². The fourth-order valence-corrected chi connectivity index (χ4v) is 1.52. The van der Waals surface area contributed by atoms with Crippen LogP contribution in [0, 0.1) is 0 Å². The molecule has 0 atom stereocenters. The average Bonchev–Trinajstić information content (AvgIpc) is 2.57. The molecule has 0 spiro atoms. The van der Waals surface area contributed by atoms with E-state index in [2.05, 4.69) is 4.74 Å². The molecule has 2 rings (SSSR count).